The van der Waals surface area contributed by atoms with Gasteiger partial charge in [0, 0.05) is 25.3 Å². The molecule has 2 N–H and O–H groups in total. The molecule has 1 aromatic carbocycles. The van der Waals surface area contributed by atoms with Crippen molar-refractivity contribution in [2.75, 3.05) is 40.4 Å². The van der Waals surface area contributed by atoms with Crippen molar-refractivity contribution in [2.24, 2.45) is 0 Å². The highest BCUT2D eigenvalue weighted by atomic mass is 127. The number of nitrogens with one attached hydrogen (secondary N) is 1. The minimum atomic E-state index is -0.667. The molecule has 0 aliphatic heterocycles. The summed E-state index contributed by atoms with van der Waals surface area (Å²) in [6.07, 6.45) is 0.961. The Kier molecular flexibility index (Phi) is 9.92. The molecule has 4 nitrogen and oxygen atoms in total. The Morgan fingerprint density at radius 2 is 2.09 bits per heavy atom. The molecule has 2 radical (unpaired) electrons. The van der Waals surface area contributed by atoms with Crippen LogP contribution in [0.3, 0.4) is 0 Å². The summed E-state index contributed by atoms with van der Waals surface area (Å²) in [5, 5.41) is 14.6. The first-order valence-corrected chi connectivity index (χ1v) is 11.6. The Balaban J connectivity index is 2.30. The zero-order valence-electron chi connectivity index (χ0n) is 13.6. The number of hydrogen-bond acceptors (Lipinski definition) is 4. The third-order valence-electron chi connectivity index (χ3n) is 3.25. The monoisotopic (exact) mass is 434 g/mol. The van der Waals surface area contributed by atoms with Gasteiger partial charge in [0.2, 0.25) is 0 Å². The molecule has 7 heteroatoms. The summed E-state index contributed by atoms with van der Waals surface area (Å²) < 4.78 is 5.54. The van der Waals surface area contributed by atoms with E-state index in [1.807, 2.05) is 33.2 Å². The summed E-state index contributed by atoms with van der Waals surface area (Å²) in [5.74, 6) is 0.367. The van der Waals surface area contributed by atoms with E-state index in [1.54, 1.807) is 0 Å². The van der Waals surface area contributed by atoms with E-state index >= 15 is 0 Å². The van der Waals surface area contributed by atoms with Gasteiger partial charge in [-0.15, -0.1) is 0 Å². The molecule has 0 amide bonds. The van der Waals surface area contributed by atoms with Crippen molar-refractivity contribution in [1.29, 1.82) is 0 Å². The minimum absolute atomic E-state index is 0.367. The number of halogens is 1. The summed E-state index contributed by atoms with van der Waals surface area (Å²) in [6.45, 7) is 5.91. The molecule has 0 saturated carbocycles. The van der Waals surface area contributed by atoms with Gasteiger partial charge in [-0.2, -0.15) is 0 Å². The van der Waals surface area contributed by atoms with Crippen molar-refractivity contribution in [3.05, 3.63) is 23.3 Å². The Bertz CT molecular complexity index is 461. The number of aromatic hydroxyl groups is 1. The van der Waals surface area contributed by atoms with Crippen LogP contribution < -0.4 is 10.6 Å². The Morgan fingerprint density at radius 1 is 1.36 bits per heavy atom. The molecule has 0 aliphatic rings. The van der Waals surface area contributed by atoms with E-state index in [9.17, 15) is 5.11 Å². The molecular weight excluding hydrogens is 409 g/mol. The molecule has 1 rings (SSSR count). The molecule has 0 aromatic heterocycles. The van der Waals surface area contributed by atoms with E-state index in [2.05, 4.69) is 32.3 Å². The van der Waals surface area contributed by atoms with Crippen molar-refractivity contribution < 1.29 is 9.84 Å². The lowest BCUT2D eigenvalue weighted by atomic mass is 10.1. The highest BCUT2D eigenvalue weighted by Gasteiger charge is 2.09. The maximum atomic E-state index is 10.1. The lowest BCUT2D eigenvalue weighted by Gasteiger charge is -2.13. The molecule has 1 aromatic rings. The van der Waals surface area contributed by atoms with Crippen molar-refractivity contribution >= 4 is 40.4 Å². The second-order valence-electron chi connectivity index (χ2n) is 5.53. The number of nitrogens with zero attached hydrogens (tertiary/aromatic N) is 1. The van der Waals surface area contributed by atoms with Gasteiger partial charge in [-0.05, 0) is 57.0 Å². The Hall–Kier alpha value is 0.125. The van der Waals surface area contributed by atoms with Gasteiger partial charge in [-0.3, -0.25) is 0 Å². The SMILES string of the molecule is [B]P(I)c1cc(C)c(O)c(CNCCCOCCN(C)C)c1. The second kappa shape index (κ2) is 10.8. The van der Waals surface area contributed by atoms with Gasteiger partial charge in [-0.1, -0.05) is 27.5 Å². The number of phenolic OH excluding ortho intramolecular Hbond substituents is 1. The van der Waals surface area contributed by atoms with Gasteiger partial charge in [0.1, 0.15) is 13.3 Å². The van der Waals surface area contributed by atoms with E-state index in [0.717, 1.165) is 49.2 Å². The largest absolute Gasteiger partial charge is 0.507 e. The number of aryl methyl sites for hydroxylation is 1. The standard InChI is InChI=1S/C15H25BIN2O2P/c1-12-9-14(22(16)17)10-13(15(12)20)11-18-5-4-7-21-8-6-19(2)3/h9-10,18,20H,4-8,11H2,1-3H3. The molecule has 22 heavy (non-hydrogen) atoms. The number of hydrogen-bond donors (Lipinski definition) is 2. The minimum Gasteiger partial charge on any atom is -0.507 e. The van der Waals surface area contributed by atoms with Gasteiger partial charge in [0.05, 0.1) is 6.61 Å². The Labute approximate surface area is 149 Å². The van der Waals surface area contributed by atoms with Crippen molar-refractivity contribution in [2.45, 2.75) is 19.9 Å². The maximum Gasteiger partial charge on any atom is 0.129 e. The highest BCUT2D eigenvalue weighted by Crippen LogP contribution is 2.39. The fourth-order valence-corrected chi connectivity index (χ4v) is 3.39. The summed E-state index contributed by atoms with van der Waals surface area (Å²) in [7, 11) is 10.1. The smallest absolute Gasteiger partial charge is 0.129 e. The van der Waals surface area contributed by atoms with Crippen molar-refractivity contribution in [3.63, 3.8) is 0 Å². The first-order chi connectivity index (χ1) is 10.4. The summed E-state index contributed by atoms with van der Waals surface area (Å²) in [4.78, 5) is 2.11. The van der Waals surface area contributed by atoms with Crippen molar-refractivity contribution in [1.82, 2.24) is 10.2 Å². The van der Waals surface area contributed by atoms with E-state index in [4.69, 9.17) is 12.3 Å². The number of rotatable bonds is 10. The third-order valence-corrected chi connectivity index (χ3v) is 5.67. The molecule has 1 atom stereocenters. The summed E-state index contributed by atoms with van der Waals surface area (Å²) in [5.41, 5.74) is 1.13. The van der Waals surface area contributed by atoms with Gasteiger partial charge in [0.15, 0.2) is 0 Å². The molecule has 122 valence electrons. The van der Waals surface area contributed by atoms with Crippen LogP contribution in [0.25, 0.3) is 0 Å². The summed E-state index contributed by atoms with van der Waals surface area (Å²) >= 11 is 2.24. The van der Waals surface area contributed by atoms with Crippen LogP contribution in [0.5, 0.6) is 5.75 Å². The molecule has 0 aliphatic carbocycles. The van der Waals surface area contributed by atoms with Gasteiger partial charge < -0.3 is 20.1 Å². The van der Waals surface area contributed by atoms with Crippen LogP contribution in [0.15, 0.2) is 12.1 Å². The van der Waals surface area contributed by atoms with Gasteiger partial charge in [-0.25, -0.2) is 0 Å². The zero-order valence-corrected chi connectivity index (χ0v) is 16.7. The van der Waals surface area contributed by atoms with E-state index in [0.29, 0.717) is 12.3 Å². The van der Waals surface area contributed by atoms with E-state index in [1.165, 1.54) is 0 Å². The van der Waals surface area contributed by atoms with Crippen LogP contribution in [-0.4, -0.2) is 58.0 Å². The fraction of sp³-hybridized carbons (Fsp3) is 0.600. The Morgan fingerprint density at radius 3 is 2.73 bits per heavy atom. The first kappa shape index (κ1) is 20.2. The van der Waals surface area contributed by atoms with Crippen LogP contribution in [-0.2, 0) is 11.3 Å². The number of ether oxygens (including phenoxy) is 1. The molecule has 0 fully saturated rings. The van der Waals surface area contributed by atoms with Gasteiger partial charge >= 0.3 is 0 Å². The first-order valence-electron chi connectivity index (χ1n) is 7.38. The topological polar surface area (TPSA) is 44.7 Å². The van der Waals surface area contributed by atoms with Crippen LogP contribution in [0.4, 0.5) is 0 Å². The van der Waals surface area contributed by atoms with Crippen LogP contribution in [0.1, 0.15) is 17.5 Å². The number of benzene rings is 1. The molecule has 0 saturated heterocycles. The highest BCUT2D eigenvalue weighted by molar-refractivity contribution is 14.2. The fourth-order valence-electron chi connectivity index (χ4n) is 1.96. The lowest BCUT2D eigenvalue weighted by molar-refractivity contribution is 0.115. The van der Waals surface area contributed by atoms with Crippen LogP contribution in [0, 0.1) is 6.92 Å². The van der Waals surface area contributed by atoms with Gasteiger partial charge in [0.25, 0.3) is 0 Å². The summed E-state index contributed by atoms with van der Waals surface area (Å²) in [6, 6.07) is 3.97. The molecule has 1 unspecified atom stereocenters. The second-order valence-corrected chi connectivity index (χ2v) is 9.78. The normalized spacial score (nSPS) is 12.8. The molecule has 0 heterocycles. The van der Waals surface area contributed by atoms with Crippen LogP contribution in [0.2, 0.25) is 0 Å². The average molecular weight is 434 g/mol. The van der Waals surface area contributed by atoms with Crippen LogP contribution >= 0.6 is 27.5 Å². The lowest BCUT2D eigenvalue weighted by Crippen LogP contribution is -2.20. The average Bonchev–Trinajstić information content (AvgIpc) is 2.45. The van der Waals surface area contributed by atoms with E-state index < -0.39 is 5.44 Å². The maximum absolute atomic E-state index is 10.1. The number of likely N-dealkylation sites (N-methyl/N-ethyl adjacent to an activating group) is 1. The predicted molar refractivity (Wildman–Crippen MR) is 105 cm³/mol. The zero-order chi connectivity index (χ0) is 16.5. The third kappa shape index (κ3) is 7.60. The molecular formula is C15H25BIN2O2P. The number of phenols is 1. The quantitative estimate of drug-likeness (QED) is 0.257. The molecule has 0 spiro atoms. The predicted octanol–water partition coefficient (Wildman–Crippen LogP) is 2.30. The molecule has 0 bridgehead atoms. The van der Waals surface area contributed by atoms with E-state index in [-0.39, 0.29) is 0 Å². The van der Waals surface area contributed by atoms with Crippen molar-refractivity contribution in [3.8, 4) is 5.75 Å².